The van der Waals surface area contributed by atoms with Crippen molar-refractivity contribution in [2.45, 2.75) is 13.8 Å². The van der Waals surface area contributed by atoms with Crippen molar-refractivity contribution in [2.75, 3.05) is 10.6 Å². The quantitative estimate of drug-likeness (QED) is 0.830. The monoisotopic (exact) mass is 298 g/mol. The molecule has 0 atom stereocenters. The predicted octanol–water partition coefficient (Wildman–Crippen LogP) is 3.53. The summed E-state index contributed by atoms with van der Waals surface area (Å²) in [7, 11) is 0. The summed E-state index contributed by atoms with van der Waals surface area (Å²) in [5.74, 6) is 0.160. The largest absolute Gasteiger partial charge is 0.465 e. The van der Waals surface area contributed by atoms with E-state index in [-0.39, 0.29) is 17.7 Å². The summed E-state index contributed by atoms with van der Waals surface area (Å²) in [6.07, 6.45) is 4.51. The van der Waals surface area contributed by atoms with Gasteiger partial charge in [0.15, 0.2) is 0 Å². The maximum atomic E-state index is 11.8. The molecule has 114 valence electrons. The Kier molecular flexibility index (Phi) is 5.14. The summed E-state index contributed by atoms with van der Waals surface area (Å²) < 4.78 is 5.11. The second-order valence-corrected chi connectivity index (χ2v) is 5.06. The van der Waals surface area contributed by atoms with E-state index in [9.17, 15) is 9.59 Å². The van der Waals surface area contributed by atoms with Crippen LogP contribution in [0.3, 0.4) is 0 Å². The van der Waals surface area contributed by atoms with Gasteiger partial charge in [-0.1, -0.05) is 19.9 Å². The molecule has 5 heteroatoms. The second kappa shape index (κ2) is 7.26. The molecule has 0 saturated heterocycles. The fourth-order valence-corrected chi connectivity index (χ4v) is 1.69. The maximum Gasteiger partial charge on any atom is 0.248 e. The van der Waals surface area contributed by atoms with E-state index in [2.05, 4.69) is 10.6 Å². The van der Waals surface area contributed by atoms with Gasteiger partial charge in [0.2, 0.25) is 11.8 Å². The molecule has 0 bridgehead atoms. The zero-order valence-corrected chi connectivity index (χ0v) is 12.5. The Morgan fingerprint density at radius 2 is 1.82 bits per heavy atom. The number of hydrogen-bond donors (Lipinski definition) is 2. The molecule has 1 aromatic carbocycles. The smallest absolute Gasteiger partial charge is 0.248 e. The predicted molar refractivity (Wildman–Crippen MR) is 86.3 cm³/mol. The first-order chi connectivity index (χ1) is 10.5. The third kappa shape index (κ3) is 4.63. The van der Waals surface area contributed by atoms with Crippen LogP contribution in [0.2, 0.25) is 0 Å². The van der Waals surface area contributed by atoms with Crippen molar-refractivity contribution in [1.82, 2.24) is 0 Å². The molecule has 2 N–H and O–H groups in total. The molecule has 2 aromatic rings. The van der Waals surface area contributed by atoms with E-state index in [4.69, 9.17) is 4.42 Å². The molecule has 0 unspecified atom stereocenters. The first kappa shape index (κ1) is 15.6. The number of anilines is 2. The maximum absolute atomic E-state index is 11.8. The van der Waals surface area contributed by atoms with Gasteiger partial charge in [-0.3, -0.25) is 9.59 Å². The summed E-state index contributed by atoms with van der Waals surface area (Å²) in [4.78, 5) is 23.5. The molecule has 0 aliphatic carbocycles. The Labute approximate surface area is 129 Å². The Bertz CT molecular complexity index is 673. The van der Waals surface area contributed by atoms with Gasteiger partial charge in [-0.2, -0.15) is 0 Å². The van der Waals surface area contributed by atoms with Crippen LogP contribution in [0.4, 0.5) is 11.4 Å². The van der Waals surface area contributed by atoms with Crippen LogP contribution in [0.1, 0.15) is 19.6 Å². The summed E-state index contributed by atoms with van der Waals surface area (Å²) in [6, 6.07) is 10.5. The number of amides is 2. The molecule has 0 fully saturated rings. The van der Waals surface area contributed by atoms with E-state index in [1.165, 1.54) is 6.08 Å². The lowest BCUT2D eigenvalue weighted by Gasteiger charge is -2.09. The van der Waals surface area contributed by atoms with Gasteiger partial charge in [0.1, 0.15) is 5.76 Å². The molecule has 0 aliphatic heterocycles. The SMILES string of the molecule is CC(C)C(=O)Nc1cccc(NC(=O)C=Cc2ccco2)c1. The molecule has 1 aromatic heterocycles. The fraction of sp³-hybridized carbons (Fsp3) is 0.176. The van der Waals surface area contributed by atoms with Gasteiger partial charge >= 0.3 is 0 Å². The Balaban J connectivity index is 1.98. The van der Waals surface area contributed by atoms with Crippen LogP contribution in [0, 0.1) is 5.92 Å². The van der Waals surface area contributed by atoms with Gasteiger partial charge in [0.25, 0.3) is 0 Å². The number of furan rings is 1. The fourth-order valence-electron chi connectivity index (χ4n) is 1.69. The van der Waals surface area contributed by atoms with Gasteiger partial charge in [-0.15, -0.1) is 0 Å². The topological polar surface area (TPSA) is 71.3 Å². The van der Waals surface area contributed by atoms with E-state index in [1.807, 2.05) is 13.8 Å². The molecule has 2 rings (SSSR count). The highest BCUT2D eigenvalue weighted by Gasteiger charge is 2.07. The summed E-state index contributed by atoms with van der Waals surface area (Å²) >= 11 is 0. The molecule has 5 nitrogen and oxygen atoms in total. The molecule has 0 saturated carbocycles. The second-order valence-electron chi connectivity index (χ2n) is 5.06. The molecule has 0 aliphatic rings. The Morgan fingerprint density at radius 1 is 1.09 bits per heavy atom. The number of nitrogens with one attached hydrogen (secondary N) is 2. The van der Waals surface area contributed by atoms with Gasteiger partial charge in [0.05, 0.1) is 6.26 Å². The van der Waals surface area contributed by atoms with Crippen LogP contribution in [-0.2, 0) is 9.59 Å². The molecular weight excluding hydrogens is 280 g/mol. The van der Waals surface area contributed by atoms with Gasteiger partial charge < -0.3 is 15.1 Å². The third-order valence-corrected chi connectivity index (χ3v) is 2.86. The van der Waals surface area contributed by atoms with E-state index < -0.39 is 0 Å². The minimum atomic E-state index is -0.274. The average molecular weight is 298 g/mol. The van der Waals surface area contributed by atoms with Crippen molar-refractivity contribution in [3.63, 3.8) is 0 Å². The highest BCUT2D eigenvalue weighted by atomic mass is 16.3. The van der Waals surface area contributed by atoms with Crippen LogP contribution in [0.5, 0.6) is 0 Å². The molecule has 0 radical (unpaired) electrons. The third-order valence-electron chi connectivity index (χ3n) is 2.86. The zero-order valence-electron chi connectivity index (χ0n) is 12.5. The van der Waals surface area contributed by atoms with Crippen molar-refractivity contribution in [3.8, 4) is 0 Å². The molecule has 22 heavy (non-hydrogen) atoms. The highest BCUT2D eigenvalue weighted by Crippen LogP contribution is 2.16. The van der Waals surface area contributed by atoms with Gasteiger partial charge in [0, 0.05) is 23.4 Å². The summed E-state index contributed by atoms with van der Waals surface area (Å²) in [5.41, 5.74) is 1.25. The van der Waals surface area contributed by atoms with Crippen LogP contribution >= 0.6 is 0 Å². The number of carbonyl (C=O) groups is 2. The standard InChI is InChI=1S/C17H18N2O3/c1-12(2)17(21)19-14-6-3-5-13(11-14)18-16(20)9-8-15-7-4-10-22-15/h3-12H,1-2H3,(H,18,20)(H,19,21). The number of rotatable bonds is 5. The van der Waals surface area contributed by atoms with E-state index >= 15 is 0 Å². The number of benzene rings is 1. The first-order valence-electron chi connectivity index (χ1n) is 6.98. The van der Waals surface area contributed by atoms with Crippen LogP contribution in [-0.4, -0.2) is 11.8 Å². The number of hydrogen-bond acceptors (Lipinski definition) is 3. The molecule has 0 spiro atoms. The summed E-state index contributed by atoms with van der Waals surface area (Å²) in [6.45, 7) is 3.64. The minimum absolute atomic E-state index is 0.0683. The van der Waals surface area contributed by atoms with Crippen LogP contribution in [0.15, 0.2) is 53.2 Å². The lowest BCUT2D eigenvalue weighted by molar-refractivity contribution is -0.119. The van der Waals surface area contributed by atoms with Crippen molar-refractivity contribution in [2.24, 2.45) is 5.92 Å². The molecular formula is C17H18N2O3. The Morgan fingerprint density at radius 3 is 2.45 bits per heavy atom. The lowest BCUT2D eigenvalue weighted by atomic mass is 10.2. The van der Waals surface area contributed by atoms with Crippen LogP contribution < -0.4 is 10.6 Å². The number of carbonyl (C=O) groups excluding carboxylic acids is 2. The highest BCUT2D eigenvalue weighted by molar-refractivity contribution is 6.02. The van der Waals surface area contributed by atoms with E-state index in [1.54, 1.807) is 48.7 Å². The van der Waals surface area contributed by atoms with E-state index in [0.29, 0.717) is 17.1 Å². The zero-order chi connectivity index (χ0) is 15.9. The lowest BCUT2D eigenvalue weighted by Crippen LogP contribution is -2.17. The van der Waals surface area contributed by atoms with Gasteiger partial charge in [-0.05, 0) is 36.4 Å². The summed E-state index contributed by atoms with van der Waals surface area (Å²) in [5, 5.41) is 5.51. The Hall–Kier alpha value is -2.82. The van der Waals surface area contributed by atoms with Crippen molar-refractivity contribution < 1.29 is 14.0 Å². The van der Waals surface area contributed by atoms with Crippen LogP contribution in [0.25, 0.3) is 6.08 Å². The van der Waals surface area contributed by atoms with Crippen molar-refractivity contribution >= 4 is 29.3 Å². The van der Waals surface area contributed by atoms with Gasteiger partial charge in [-0.25, -0.2) is 0 Å². The van der Waals surface area contributed by atoms with Crippen molar-refractivity contribution in [1.29, 1.82) is 0 Å². The minimum Gasteiger partial charge on any atom is -0.465 e. The van der Waals surface area contributed by atoms with E-state index in [0.717, 1.165) is 0 Å². The first-order valence-corrected chi connectivity index (χ1v) is 6.98. The average Bonchev–Trinajstić information content (AvgIpc) is 2.98. The normalized spacial score (nSPS) is 10.9. The molecule has 1 heterocycles. The van der Waals surface area contributed by atoms with Crippen molar-refractivity contribution in [3.05, 3.63) is 54.5 Å². The molecule has 2 amide bonds.